The highest BCUT2D eigenvalue weighted by Crippen LogP contribution is 2.23. The molecule has 1 aromatic heterocycles. The first-order chi connectivity index (χ1) is 11.2. The number of ether oxygens (including phenoxy) is 1. The lowest BCUT2D eigenvalue weighted by atomic mass is 10.2. The average molecular weight is 315 g/mol. The Kier molecular flexibility index (Phi) is 4.25. The van der Waals surface area contributed by atoms with Gasteiger partial charge in [-0.05, 0) is 36.4 Å². The van der Waals surface area contributed by atoms with E-state index < -0.39 is 11.7 Å². The zero-order valence-corrected chi connectivity index (χ0v) is 12.1. The molecule has 0 unspecified atom stereocenters. The number of hydrogen-bond acceptors (Lipinski definition) is 4. The molecular formula is C17H14FNO4. The maximum Gasteiger partial charge on any atom is 0.291 e. The van der Waals surface area contributed by atoms with Crippen molar-refractivity contribution in [2.75, 3.05) is 18.5 Å². The van der Waals surface area contributed by atoms with Gasteiger partial charge in [0.25, 0.3) is 5.91 Å². The fourth-order valence-corrected chi connectivity index (χ4v) is 2.13. The SMILES string of the molecule is O=C(Nc1ccc(OCCO)cc1)c1cc2cccc(F)c2o1. The quantitative estimate of drug-likeness (QED) is 0.758. The topological polar surface area (TPSA) is 71.7 Å². The molecule has 2 aromatic carbocycles. The molecule has 23 heavy (non-hydrogen) atoms. The summed E-state index contributed by atoms with van der Waals surface area (Å²) in [6.07, 6.45) is 0. The third kappa shape index (κ3) is 3.32. The van der Waals surface area contributed by atoms with Gasteiger partial charge in [0.1, 0.15) is 12.4 Å². The number of hydrogen-bond donors (Lipinski definition) is 2. The molecule has 0 aliphatic heterocycles. The number of carbonyl (C=O) groups excluding carboxylic acids is 1. The van der Waals surface area contributed by atoms with Crippen molar-refractivity contribution in [2.24, 2.45) is 0 Å². The Morgan fingerprint density at radius 3 is 2.70 bits per heavy atom. The summed E-state index contributed by atoms with van der Waals surface area (Å²) in [6, 6.07) is 12.7. The van der Waals surface area contributed by atoms with Crippen molar-refractivity contribution in [1.29, 1.82) is 0 Å². The number of aliphatic hydroxyl groups is 1. The minimum Gasteiger partial charge on any atom is -0.491 e. The zero-order valence-electron chi connectivity index (χ0n) is 12.1. The molecule has 0 saturated carbocycles. The number of halogens is 1. The molecule has 3 aromatic rings. The average Bonchev–Trinajstić information content (AvgIpc) is 3.00. The zero-order chi connectivity index (χ0) is 16.2. The van der Waals surface area contributed by atoms with E-state index in [0.29, 0.717) is 16.8 Å². The summed E-state index contributed by atoms with van der Waals surface area (Å²) in [5, 5.41) is 11.9. The summed E-state index contributed by atoms with van der Waals surface area (Å²) in [4.78, 5) is 12.2. The van der Waals surface area contributed by atoms with Crippen molar-refractivity contribution in [3.63, 3.8) is 0 Å². The third-order valence-corrected chi connectivity index (χ3v) is 3.19. The summed E-state index contributed by atoms with van der Waals surface area (Å²) in [7, 11) is 0. The van der Waals surface area contributed by atoms with E-state index in [0.717, 1.165) is 0 Å². The number of aliphatic hydroxyl groups excluding tert-OH is 1. The number of nitrogens with one attached hydrogen (secondary N) is 1. The molecule has 0 fully saturated rings. The van der Waals surface area contributed by atoms with Crippen molar-refractivity contribution in [2.45, 2.75) is 0 Å². The second kappa shape index (κ2) is 6.50. The lowest BCUT2D eigenvalue weighted by Crippen LogP contribution is -2.10. The first-order valence-corrected chi connectivity index (χ1v) is 7.00. The summed E-state index contributed by atoms with van der Waals surface area (Å²) in [6.45, 7) is 0.136. The van der Waals surface area contributed by atoms with Gasteiger partial charge in [-0.3, -0.25) is 4.79 Å². The predicted molar refractivity (Wildman–Crippen MR) is 83.1 cm³/mol. The van der Waals surface area contributed by atoms with Gasteiger partial charge in [0, 0.05) is 11.1 Å². The van der Waals surface area contributed by atoms with Crippen LogP contribution in [0.2, 0.25) is 0 Å². The van der Waals surface area contributed by atoms with E-state index in [4.69, 9.17) is 14.3 Å². The Morgan fingerprint density at radius 2 is 2.00 bits per heavy atom. The van der Waals surface area contributed by atoms with Crippen molar-refractivity contribution < 1.29 is 23.4 Å². The van der Waals surface area contributed by atoms with E-state index in [1.165, 1.54) is 12.1 Å². The van der Waals surface area contributed by atoms with E-state index in [1.54, 1.807) is 36.4 Å². The molecule has 0 spiro atoms. The second-order valence-corrected chi connectivity index (χ2v) is 4.82. The standard InChI is InChI=1S/C17H14FNO4/c18-14-3-1-2-11-10-15(23-16(11)14)17(21)19-12-4-6-13(7-5-12)22-9-8-20/h1-7,10,20H,8-9H2,(H,19,21). The molecule has 118 valence electrons. The smallest absolute Gasteiger partial charge is 0.291 e. The first-order valence-electron chi connectivity index (χ1n) is 7.00. The third-order valence-electron chi connectivity index (χ3n) is 3.19. The number of rotatable bonds is 5. The number of fused-ring (bicyclic) bond motifs is 1. The Balaban J connectivity index is 1.73. The van der Waals surface area contributed by atoms with Crippen molar-refractivity contribution >= 4 is 22.6 Å². The van der Waals surface area contributed by atoms with Crippen LogP contribution in [-0.4, -0.2) is 24.2 Å². The van der Waals surface area contributed by atoms with Gasteiger partial charge in [0.2, 0.25) is 0 Å². The lowest BCUT2D eigenvalue weighted by molar-refractivity contribution is 0.0998. The van der Waals surface area contributed by atoms with Gasteiger partial charge in [0.15, 0.2) is 17.2 Å². The van der Waals surface area contributed by atoms with E-state index in [2.05, 4.69) is 5.32 Å². The van der Waals surface area contributed by atoms with Gasteiger partial charge >= 0.3 is 0 Å². The van der Waals surface area contributed by atoms with E-state index >= 15 is 0 Å². The second-order valence-electron chi connectivity index (χ2n) is 4.82. The van der Waals surface area contributed by atoms with Crippen LogP contribution < -0.4 is 10.1 Å². The van der Waals surface area contributed by atoms with Gasteiger partial charge in [-0.15, -0.1) is 0 Å². The van der Waals surface area contributed by atoms with Crippen molar-refractivity contribution in [3.05, 3.63) is 60.1 Å². The van der Waals surface area contributed by atoms with Gasteiger partial charge < -0.3 is 19.6 Å². The molecule has 6 heteroatoms. The molecule has 5 nitrogen and oxygen atoms in total. The molecule has 0 saturated heterocycles. The highest BCUT2D eigenvalue weighted by atomic mass is 19.1. The van der Waals surface area contributed by atoms with Crippen molar-refractivity contribution in [1.82, 2.24) is 0 Å². The first kappa shape index (κ1) is 15.1. The highest BCUT2D eigenvalue weighted by molar-refractivity contribution is 6.04. The van der Waals surface area contributed by atoms with Gasteiger partial charge in [0.05, 0.1) is 6.61 Å². The number of furan rings is 1. The Hall–Kier alpha value is -2.86. The van der Waals surface area contributed by atoms with Gasteiger partial charge in [-0.25, -0.2) is 4.39 Å². The fourth-order valence-electron chi connectivity index (χ4n) is 2.13. The summed E-state index contributed by atoms with van der Waals surface area (Å²) < 4.78 is 24.1. The summed E-state index contributed by atoms with van der Waals surface area (Å²) in [5.41, 5.74) is 0.609. The molecule has 0 atom stereocenters. The number of anilines is 1. The molecule has 0 aliphatic carbocycles. The molecule has 0 radical (unpaired) electrons. The van der Waals surface area contributed by atoms with Crippen LogP contribution in [0.5, 0.6) is 5.75 Å². The van der Waals surface area contributed by atoms with Crippen LogP contribution in [0.1, 0.15) is 10.6 Å². The Morgan fingerprint density at radius 1 is 1.22 bits per heavy atom. The van der Waals surface area contributed by atoms with Gasteiger partial charge in [-0.2, -0.15) is 0 Å². The van der Waals surface area contributed by atoms with Gasteiger partial charge in [-0.1, -0.05) is 12.1 Å². The number of benzene rings is 2. The van der Waals surface area contributed by atoms with E-state index in [-0.39, 0.29) is 24.6 Å². The van der Waals surface area contributed by atoms with Crippen LogP contribution >= 0.6 is 0 Å². The van der Waals surface area contributed by atoms with Crippen molar-refractivity contribution in [3.8, 4) is 5.75 Å². The normalized spacial score (nSPS) is 10.7. The fraction of sp³-hybridized carbons (Fsp3) is 0.118. The number of carbonyl (C=O) groups is 1. The largest absolute Gasteiger partial charge is 0.491 e. The highest BCUT2D eigenvalue weighted by Gasteiger charge is 2.14. The molecular weight excluding hydrogens is 301 g/mol. The summed E-state index contributed by atoms with van der Waals surface area (Å²) >= 11 is 0. The van der Waals surface area contributed by atoms with Crippen LogP contribution in [0.3, 0.4) is 0 Å². The molecule has 2 N–H and O–H groups in total. The van der Waals surface area contributed by atoms with Crippen LogP contribution in [0, 0.1) is 5.82 Å². The van der Waals surface area contributed by atoms with E-state index in [9.17, 15) is 9.18 Å². The molecule has 3 rings (SSSR count). The number of para-hydroxylation sites is 1. The van der Waals surface area contributed by atoms with Crippen LogP contribution in [0.25, 0.3) is 11.0 Å². The molecule has 0 bridgehead atoms. The number of amides is 1. The maximum absolute atomic E-state index is 13.6. The lowest BCUT2D eigenvalue weighted by Gasteiger charge is -2.06. The maximum atomic E-state index is 13.6. The minimum absolute atomic E-state index is 0.0331. The summed E-state index contributed by atoms with van der Waals surface area (Å²) in [5.74, 6) is -0.356. The van der Waals surface area contributed by atoms with Crippen LogP contribution in [0.4, 0.5) is 10.1 Å². The Labute approximate surface area is 131 Å². The monoisotopic (exact) mass is 315 g/mol. The Bertz CT molecular complexity index is 826. The molecule has 1 heterocycles. The van der Waals surface area contributed by atoms with Crippen LogP contribution in [0.15, 0.2) is 52.9 Å². The minimum atomic E-state index is -0.507. The molecule has 1 amide bonds. The molecule has 0 aliphatic rings. The predicted octanol–water partition coefficient (Wildman–Crippen LogP) is 3.20. The van der Waals surface area contributed by atoms with Crippen LogP contribution in [-0.2, 0) is 0 Å². The van der Waals surface area contributed by atoms with E-state index in [1.807, 2.05) is 0 Å².